The van der Waals surface area contributed by atoms with Crippen molar-refractivity contribution in [1.29, 1.82) is 5.26 Å². The lowest BCUT2D eigenvalue weighted by molar-refractivity contribution is -0.136. The van der Waals surface area contributed by atoms with Gasteiger partial charge in [0.05, 0.1) is 18.1 Å². The topological polar surface area (TPSA) is 61.1 Å². The van der Waals surface area contributed by atoms with Crippen molar-refractivity contribution < 1.29 is 9.90 Å². The fourth-order valence-corrected chi connectivity index (χ4v) is 1.34. The van der Waals surface area contributed by atoms with Crippen molar-refractivity contribution in [3.05, 3.63) is 34.4 Å². The first-order chi connectivity index (χ1) is 6.54. The normalized spacial score (nSPS) is 9.50. The Hall–Kier alpha value is -1.82. The number of hydrogen-bond donors (Lipinski definition) is 1. The van der Waals surface area contributed by atoms with E-state index in [1.807, 2.05) is 19.9 Å². The number of nitrogens with zero attached hydrogens (tertiary/aromatic N) is 1. The molecule has 0 aromatic heterocycles. The first-order valence-electron chi connectivity index (χ1n) is 4.26. The van der Waals surface area contributed by atoms with Crippen molar-refractivity contribution in [1.82, 2.24) is 0 Å². The summed E-state index contributed by atoms with van der Waals surface area (Å²) >= 11 is 0. The zero-order valence-corrected chi connectivity index (χ0v) is 8.16. The number of hydrogen-bond acceptors (Lipinski definition) is 2. The van der Waals surface area contributed by atoms with Crippen LogP contribution in [0, 0.1) is 25.2 Å². The Labute approximate surface area is 82.6 Å². The van der Waals surface area contributed by atoms with Crippen LogP contribution < -0.4 is 0 Å². The van der Waals surface area contributed by atoms with Crippen LogP contribution in [-0.2, 0) is 11.2 Å². The van der Waals surface area contributed by atoms with E-state index >= 15 is 0 Å². The van der Waals surface area contributed by atoms with E-state index in [1.54, 1.807) is 12.1 Å². The molecule has 3 nitrogen and oxygen atoms in total. The summed E-state index contributed by atoms with van der Waals surface area (Å²) in [6.07, 6.45) is -0.0256. The highest BCUT2D eigenvalue weighted by atomic mass is 16.4. The highest BCUT2D eigenvalue weighted by Crippen LogP contribution is 2.16. The number of carboxylic acids is 1. The first-order valence-corrected chi connectivity index (χ1v) is 4.26. The van der Waals surface area contributed by atoms with Crippen molar-refractivity contribution in [2.75, 3.05) is 0 Å². The molecular weight excluding hydrogens is 178 g/mol. The number of rotatable bonds is 2. The predicted molar refractivity (Wildman–Crippen MR) is 52.0 cm³/mol. The van der Waals surface area contributed by atoms with Crippen LogP contribution in [-0.4, -0.2) is 11.1 Å². The summed E-state index contributed by atoms with van der Waals surface area (Å²) in [7, 11) is 0. The number of carbonyl (C=O) groups is 1. The van der Waals surface area contributed by atoms with E-state index in [2.05, 4.69) is 0 Å². The number of carboxylic acid groups (broad SMARTS) is 1. The summed E-state index contributed by atoms with van der Waals surface area (Å²) in [5.74, 6) is -0.873. The Morgan fingerprint density at radius 1 is 1.50 bits per heavy atom. The summed E-state index contributed by atoms with van der Waals surface area (Å²) in [6, 6.07) is 5.42. The molecule has 0 saturated carbocycles. The maximum absolute atomic E-state index is 10.5. The average molecular weight is 189 g/mol. The van der Waals surface area contributed by atoms with Gasteiger partial charge < -0.3 is 5.11 Å². The van der Waals surface area contributed by atoms with Gasteiger partial charge >= 0.3 is 5.97 Å². The largest absolute Gasteiger partial charge is 0.481 e. The van der Waals surface area contributed by atoms with Crippen LogP contribution in [0.25, 0.3) is 0 Å². The fourth-order valence-electron chi connectivity index (χ4n) is 1.34. The standard InChI is InChI=1S/C11H11NO2/c1-7-3-9(6-12)4-10(8(7)2)5-11(13)14/h3-4H,5H2,1-2H3,(H,13,14). The van der Waals surface area contributed by atoms with E-state index in [0.29, 0.717) is 11.1 Å². The van der Waals surface area contributed by atoms with Crippen LogP contribution in [0.2, 0.25) is 0 Å². The van der Waals surface area contributed by atoms with E-state index < -0.39 is 5.97 Å². The quantitative estimate of drug-likeness (QED) is 0.771. The minimum atomic E-state index is -0.873. The molecule has 1 N–H and O–H groups in total. The van der Waals surface area contributed by atoms with Crippen molar-refractivity contribution in [2.45, 2.75) is 20.3 Å². The molecule has 1 aromatic rings. The third-order valence-corrected chi connectivity index (χ3v) is 2.25. The van der Waals surface area contributed by atoms with Crippen LogP contribution in [0.15, 0.2) is 12.1 Å². The van der Waals surface area contributed by atoms with Gasteiger partial charge in [-0.05, 0) is 42.7 Å². The summed E-state index contributed by atoms with van der Waals surface area (Å²) < 4.78 is 0. The minimum absolute atomic E-state index is 0.0256. The lowest BCUT2D eigenvalue weighted by Crippen LogP contribution is -2.03. The number of aliphatic carboxylic acids is 1. The molecule has 0 bridgehead atoms. The zero-order valence-electron chi connectivity index (χ0n) is 8.16. The Morgan fingerprint density at radius 2 is 2.14 bits per heavy atom. The molecule has 1 rings (SSSR count). The third kappa shape index (κ3) is 2.11. The van der Waals surface area contributed by atoms with Crippen molar-refractivity contribution in [2.24, 2.45) is 0 Å². The van der Waals surface area contributed by atoms with E-state index in [4.69, 9.17) is 10.4 Å². The molecule has 72 valence electrons. The second kappa shape index (κ2) is 3.93. The second-order valence-corrected chi connectivity index (χ2v) is 3.26. The van der Waals surface area contributed by atoms with E-state index in [9.17, 15) is 4.79 Å². The van der Waals surface area contributed by atoms with Gasteiger partial charge in [0.25, 0.3) is 0 Å². The Morgan fingerprint density at radius 3 is 2.64 bits per heavy atom. The van der Waals surface area contributed by atoms with Crippen LogP contribution in [0.5, 0.6) is 0 Å². The molecule has 0 saturated heterocycles. The number of nitriles is 1. The van der Waals surface area contributed by atoms with Gasteiger partial charge in [0.15, 0.2) is 0 Å². The van der Waals surface area contributed by atoms with Crippen molar-refractivity contribution in [3.8, 4) is 6.07 Å². The van der Waals surface area contributed by atoms with E-state index in [1.165, 1.54) is 0 Å². The molecule has 14 heavy (non-hydrogen) atoms. The average Bonchev–Trinajstić information content (AvgIpc) is 2.11. The highest BCUT2D eigenvalue weighted by Gasteiger charge is 2.07. The molecule has 0 radical (unpaired) electrons. The Balaban J connectivity index is 3.21. The predicted octanol–water partition coefficient (Wildman–Crippen LogP) is 1.80. The van der Waals surface area contributed by atoms with Crippen molar-refractivity contribution >= 4 is 5.97 Å². The molecule has 0 amide bonds. The first kappa shape index (κ1) is 10.3. The zero-order chi connectivity index (χ0) is 10.7. The highest BCUT2D eigenvalue weighted by molar-refractivity contribution is 5.71. The molecule has 0 unspecified atom stereocenters. The second-order valence-electron chi connectivity index (χ2n) is 3.26. The van der Waals surface area contributed by atoms with Crippen LogP contribution in [0.1, 0.15) is 22.3 Å². The number of benzene rings is 1. The molecule has 0 heterocycles. The van der Waals surface area contributed by atoms with Crippen LogP contribution in [0.4, 0.5) is 0 Å². The van der Waals surface area contributed by atoms with Gasteiger partial charge in [-0.1, -0.05) is 0 Å². The van der Waals surface area contributed by atoms with Gasteiger partial charge in [0.2, 0.25) is 0 Å². The lowest BCUT2D eigenvalue weighted by atomic mass is 9.98. The van der Waals surface area contributed by atoms with E-state index in [-0.39, 0.29) is 6.42 Å². The summed E-state index contributed by atoms with van der Waals surface area (Å²) in [5.41, 5.74) is 3.14. The summed E-state index contributed by atoms with van der Waals surface area (Å²) in [6.45, 7) is 3.75. The molecule has 0 spiro atoms. The summed E-state index contributed by atoms with van der Waals surface area (Å²) in [5, 5.41) is 17.4. The lowest BCUT2D eigenvalue weighted by Gasteiger charge is -2.06. The fraction of sp³-hybridized carbons (Fsp3) is 0.273. The number of aryl methyl sites for hydroxylation is 1. The maximum Gasteiger partial charge on any atom is 0.307 e. The molecule has 1 aromatic carbocycles. The van der Waals surface area contributed by atoms with Gasteiger partial charge in [0, 0.05) is 0 Å². The molecule has 0 fully saturated rings. The summed E-state index contributed by atoms with van der Waals surface area (Å²) in [4.78, 5) is 10.5. The molecule has 0 aliphatic rings. The molecule has 0 aliphatic heterocycles. The van der Waals surface area contributed by atoms with Crippen LogP contribution >= 0.6 is 0 Å². The minimum Gasteiger partial charge on any atom is -0.481 e. The van der Waals surface area contributed by atoms with Crippen molar-refractivity contribution in [3.63, 3.8) is 0 Å². The SMILES string of the molecule is Cc1cc(C#N)cc(CC(=O)O)c1C. The van der Waals surface area contributed by atoms with Gasteiger partial charge in [-0.15, -0.1) is 0 Å². The maximum atomic E-state index is 10.5. The molecule has 0 atom stereocenters. The van der Waals surface area contributed by atoms with E-state index in [0.717, 1.165) is 11.1 Å². The molecular formula is C11H11NO2. The van der Waals surface area contributed by atoms with Gasteiger partial charge in [-0.25, -0.2) is 0 Å². The molecule has 3 heteroatoms. The third-order valence-electron chi connectivity index (χ3n) is 2.25. The molecule has 0 aliphatic carbocycles. The van der Waals surface area contributed by atoms with Gasteiger partial charge in [-0.3, -0.25) is 4.79 Å². The smallest absolute Gasteiger partial charge is 0.307 e. The monoisotopic (exact) mass is 189 g/mol. The Kier molecular flexibility index (Phi) is 2.88. The van der Waals surface area contributed by atoms with Crippen LogP contribution in [0.3, 0.4) is 0 Å². The van der Waals surface area contributed by atoms with Gasteiger partial charge in [0.1, 0.15) is 0 Å². The Bertz CT molecular complexity index is 416. The van der Waals surface area contributed by atoms with Gasteiger partial charge in [-0.2, -0.15) is 5.26 Å².